The average molecular weight is 453 g/mol. The number of carbonyl (C=O) groups is 1. The van der Waals surface area contributed by atoms with Crippen molar-refractivity contribution >= 4 is 11.7 Å². The molecule has 1 N–H and O–H groups in total. The van der Waals surface area contributed by atoms with Gasteiger partial charge in [-0.05, 0) is 50.2 Å². The van der Waals surface area contributed by atoms with Crippen LogP contribution < -0.4 is 10.2 Å². The van der Waals surface area contributed by atoms with Gasteiger partial charge in [0.15, 0.2) is 0 Å². The number of rotatable bonds is 5. The molecule has 3 aliphatic rings. The summed E-state index contributed by atoms with van der Waals surface area (Å²) in [4.78, 5) is 21.6. The van der Waals surface area contributed by atoms with Gasteiger partial charge in [0.25, 0.3) is 0 Å². The van der Waals surface area contributed by atoms with E-state index in [2.05, 4.69) is 24.1 Å². The molecule has 32 heavy (non-hydrogen) atoms. The van der Waals surface area contributed by atoms with Gasteiger partial charge in [0.1, 0.15) is 5.82 Å². The fourth-order valence-electron chi connectivity index (χ4n) is 5.83. The molecule has 2 heterocycles. The first kappa shape index (κ1) is 23.3. The fraction of sp³-hybridized carbons (Fsp3) is 0.750. The molecule has 0 aromatic carbocycles. The molecule has 8 heteroatoms. The van der Waals surface area contributed by atoms with Crippen LogP contribution in [0.3, 0.4) is 0 Å². The molecule has 2 aliphatic carbocycles. The second-order valence-electron chi connectivity index (χ2n) is 10.1. The van der Waals surface area contributed by atoms with Gasteiger partial charge in [0, 0.05) is 44.5 Å². The first-order valence-electron chi connectivity index (χ1n) is 12.0. The van der Waals surface area contributed by atoms with Crippen LogP contribution in [0, 0.1) is 11.3 Å². The molecular formula is C24H35F3N4O. The molecule has 1 aromatic heterocycles. The Hall–Kier alpha value is -1.83. The lowest BCUT2D eigenvalue weighted by atomic mass is 9.74. The van der Waals surface area contributed by atoms with Gasteiger partial charge in [-0.25, -0.2) is 4.98 Å². The van der Waals surface area contributed by atoms with Gasteiger partial charge in [-0.1, -0.05) is 26.7 Å². The molecule has 5 nitrogen and oxygen atoms in total. The Morgan fingerprint density at radius 1 is 1.12 bits per heavy atom. The molecule has 0 spiro atoms. The largest absolute Gasteiger partial charge is 0.416 e. The SMILES string of the molecule is CC(C)C1(C(=O)N2CCN(c3cc(C(F)(F)F)ccn3)CC2)CCC(NC2CCCC2)C1. The maximum absolute atomic E-state index is 13.7. The van der Waals surface area contributed by atoms with Crippen LogP contribution in [0.15, 0.2) is 18.3 Å². The zero-order chi connectivity index (χ0) is 22.9. The highest BCUT2D eigenvalue weighted by Crippen LogP contribution is 2.46. The molecule has 3 fully saturated rings. The second kappa shape index (κ2) is 9.20. The number of carbonyl (C=O) groups excluding carboxylic acids is 1. The Balaban J connectivity index is 1.38. The van der Waals surface area contributed by atoms with Crippen molar-refractivity contribution in [3.63, 3.8) is 0 Å². The van der Waals surface area contributed by atoms with Gasteiger partial charge >= 0.3 is 6.18 Å². The Labute approximate surface area is 188 Å². The Bertz CT molecular complexity index is 801. The van der Waals surface area contributed by atoms with Gasteiger partial charge in [-0.2, -0.15) is 13.2 Å². The summed E-state index contributed by atoms with van der Waals surface area (Å²) in [6.45, 7) is 6.34. The first-order valence-corrected chi connectivity index (χ1v) is 12.0. The molecule has 1 aromatic rings. The Morgan fingerprint density at radius 3 is 2.44 bits per heavy atom. The third kappa shape index (κ3) is 4.75. The van der Waals surface area contributed by atoms with E-state index in [9.17, 15) is 18.0 Å². The number of halogens is 3. The van der Waals surface area contributed by atoms with Crippen molar-refractivity contribution in [3.05, 3.63) is 23.9 Å². The minimum Gasteiger partial charge on any atom is -0.353 e. The van der Waals surface area contributed by atoms with Crippen molar-refractivity contribution in [2.24, 2.45) is 11.3 Å². The summed E-state index contributed by atoms with van der Waals surface area (Å²) in [6, 6.07) is 3.09. The van der Waals surface area contributed by atoms with Crippen LogP contribution in [-0.2, 0) is 11.0 Å². The number of pyridine rings is 1. The lowest BCUT2D eigenvalue weighted by molar-refractivity contribution is -0.145. The van der Waals surface area contributed by atoms with Crippen LogP contribution in [0.25, 0.3) is 0 Å². The number of amides is 1. The molecule has 2 atom stereocenters. The molecular weight excluding hydrogens is 417 g/mol. The molecule has 0 bridgehead atoms. The van der Waals surface area contributed by atoms with Gasteiger partial charge in [-0.15, -0.1) is 0 Å². The van der Waals surface area contributed by atoms with Gasteiger partial charge in [0.05, 0.1) is 11.0 Å². The smallest absolute Gasteiger partial charge is 0.353 e. The van der Waals surface area contributed by atoms with Gasteiger partial charge in [0.2, 0.25) is 5.91 Å². The number of nitrogens with zero attached hydrogens (tertiary/aromatic N) is 3. The highest BCUT2D eigenvalue weighted by Gasteiger charge is 2.49. The third-order valence-corrected chi connectivity index (χ3v) is 7.87. The van der Waals surface area contributed by atoms with Crippen molar-refractivity contribution in [1.82, 2.24) is 15.2 Å². The zero-order valence-corrected chi connectivity index (χ0v) is 19.1. The molecule has 1 amide bonds. The topological polar surface area (TPSA) is 48.5 Å². The maximum atomic E-state index is 13.7. The summed E-state index contributed by atoms with van der Waals surface area (Å²) in [7, 11) is 0. The van der Waals surface area contributed by atoms with E-state index in [0.29, 0.717) is 44.1 Å². The van der Waals surface area contributed by atoms with E-state index in [1.807, 2.05) is 9.80 Å². The number of alkyl halides is 3. The number of hydrogen-bond acceptors (Lipinski definition) is 4. The standard InChI is InChI=1S/C24H35F3N4O/c1-17(2)23(9-7-20(16-23)29-19-5-3-4-6-19)22(32)31-13-11-30(12-14-31)21-15-18(8-10-28-21)24(25,26)27/h8,10,15,17,19-20,29H,3-7,9,11-14,16H2,1-2H3. The summed E-state index contributed by atoms with van der Waals surface area (Å²) < 4.78 is 39.1. The predicted octanol–water partition coefficient (Wildman–Crippen LogP) is 4.48. The minimum absolute atomic E-state index is 0.222. The van der Waals surface area contributed by atoms with E-state index in [1.54, 1.807) is 0 Å². The minimum atomic E-state index is -4.38. The maximum Gasteiger partial charge on any atom is 0.416 e. The highest BCUT2D eigenvalue weighted by molar-refractivity contribution is 5.84. The molecule has 178 valence electrons. The number of nitrogens with one attached hydrogen (secondary N) is 1. The van der Waals surface area contributed by atoms with Crippen molar-refractivity contribution in [2.75, 3.05) is 31.1 Å². The van der Waals surface area contributed by atoms with Crippen LogP contribution in [0.5, 0.6) is 0 Å². The number of hydrogen-bond donors (Lipinski definition) is 1. The summed E-state index contributed by atoms with van der Waals surface area (Å²) in [5, 5.41) is 3.81. The van der Waals surface area contributed by atoms with E-state index in [4.69, 9.17) is 0 Å². The highest BCUT2D eigenvalue weighted by atomic mass is 19.4. The number of aromatic nitrogens is 1. The van der Waals surface area contributed by atoms with Crippen LogP contribution >= 0.6 is 0 Å². The number of piperazine rings is 1. The summed E-state index contributed by atoms with van der Waals surface area (Å²) in [5.74, 6) is 0.806. The van der Waals surface area contributed by atoms with Crippen molar-refractivity contribution < 1.29 is 18.0 Å². The summed E-state index contributed by atoms with van der Waals surface area (Å²) >= 11 is 0. The van der Waals surface area contributed by atoms with E-state index >= 15 is 0 Å². The summed E-state index contributed by atoms with van der Waals surface area (Å²) in [6.07, 6.45) is 4.72. The molecule has 2 unspecified atom stereocenters. The predicted molar refractivity (Wildman–Crippen MR) is 118 cm³/mol. The first-order chi connectivity index (χ1) is 15.2. The fourth-order valence-corrected chi connectivity index (χ4v) is 5.83. The Kier molecular flexibility index (Phi) is 6.71. The van der Waals surface area contributed by atoms with Crippen molar-refractivity contribution in [3.8, 4) is 0 Å². The van der Waals surface area contributed by atoms with Crippen LogP contribution in [0.1, 0.15) is 64.4 Å². The van der Waals surface area contributed by atoms with E-state index in [1.165, 1.54) is 31.9 Å². The van der Waals surface area contributed by atoms with Crippen LogP contribution in [0.2, 0.25) is 0 Å². The van der Waals surface area contributed by atoms with Crippen molar-refractivity contribution in [1.29, 1.82) is 0 Å². The van der Waals surface area contributed by atoms with Crippen LogP contribution in [-0.4, -0.2) is 54.1 Å². The lowest BCUT2D eigenvalue weighted by Crippen LogP contribution is -2.54. The number of anilines is 1. The van der Waals surface area contributed by atoms with Gasteiger partial charge < -0.3 is 15.1 Å². The van der Waals surface area contributed by atoms with E-state index in [0.717, 1.165) is 31.4 Å². The average Bonchev–Trinajstić information content (AvgIpc) is 3.44. The molecule has 4 rings (SSSR count). The third-order valence-electron chi connectivity index (χ3n) is 7.87. The van der Waals surface area contributed by atoms with E-state index in [-0.39, 0.29) is 17.2 Å². The monoisotopic (exact) mass is 452 g/mol. The zero-order valence-electron chi connectivity index (χ0n) is 19.1. The van der Waals surface area contributed by atoms with E-state index < -0.39 is 11.7 Å². The Morgan fingerprint density at radius 2 is 1.81 bits per heavy atom. The normalized spacial score (nSPS) is 27.5. The molecule has 1 saturated heterocycles. The molecule has 1 aliphatic heterocycles. The van der Waals surface area contributed by atoms with Gasteiger partial charge in [-0.3, -0.25) is 4.79 Å². The van der Waals surface area contributed by atoms with Crippen LogP contribution in [0.4, 0.5) is 19.0 Å². The lowest BCUT2D eigenvalue weighted by Gasteiger charge is -2.42. The summed E-state index contributed by atoms with van der Waals surface area (Å²) in [5.41, 5.74) is -1.03. The second-order valence-corrected chi connectivity index (χ2v) is 10.1. The molecule has 2 saturated carbocycles. The molecule has 0 radical (unpaired) electrons. The quantitative estimate of drug-likeness (QED) is 0.716. The van der Waals surface area contributed by atoms with Crippen molar-refractivity contribution in [2.45, 2.75) is 77.1 Å².